The molecule has 9 heteroatoms. The molecule has 0 N–H and O–H groups in total. The molecule has 0 bridgehead atoms. The van der Waals surface area contributed by atoms with Gasteiger partial charge in [0.1, 0.15) is 0 Å². The molecule has 2 aliphatic heterocycles. The lowest BCUT2D eigenvalue weighted by Gasteiger charge is -2.33. The molecule has 3 rings (SSSR count). The molecule has 2 fully saturated rings. The highest BCUT2D eigenvalue weighted by Gasteiger charge is 2.32. The predicted molar refractivity (Wildman–Crippen MR) is 94.2 cm³/mol. The molecule has 1 unspecified atom stereocenters. The molecular formula is C17H23N3O5S. The molecule has 142 valence electrons. The quantitative estimate of drug-likeness (QED) is 0.686. The highest BCUT2D eigenvalue weighted by molar-refractivity contribution is 7.89. The van der Waals surface area contributed by atoms with Crippen LogP contribution in [0, 0.1) is 0 Å². The summed E-state index contributed by atoms with van der Waals surface area (Å²) in [7, 11) is -3.68. The van der Waals surface area contributed by atoms with Gasteiger partial charge in [-0.25, -0.2) is 8.42 Å². The Morgan fingerprint density at radius 2 is 1.92 bits per heavy atom. The van der Waals surface area contributed by atoms with Crippen LogP contribution in [-0.4, -0.2) is 86.8 Å². The molecule has 0 radical (unpaired) electrons. The number of rotatable bonds is 4. The van der Waals surface area contributed by atoms with Gasteiger partial charge >= 0.3 is 0 Å². The van der Waals surface area contributed by atoms with E-state index in [-0.39, 0.29) is 16.8 Å². The Kier molecular flexibility index (Phi) is 5.59. The summed E-state index contributed by atoms with van der Waals surface area (Å²) in [4.78, 5) is 26.9. The maximum Gasteiger partial charge on any atom is 0.254 e. The highest BCUT2D eigenvalue weighted by Crippen LogP contribution is 2.22. The van der Waals surface area contributed by atoms with Crippen LogP contribution >= 0.6 is 0 Å². The van der Waals surface area contributed by atoms with Crippen LogP contribution in [0.15, 0.2) is 29.2 Å². The lowest BCUT2D eigenvalue weighted by atomic mass is 10.2. The van der Waals surface area contributed by atoms with Crippen molar-refractivity contribution in [2.75, 3.05) is 45.9 Å². The van der Waals surface area contributed by atoms with Gasteiger partial charge in [0.25, 0.3) is 5.91 Å². The minimum absolute atomic E-state index is 0.114. The van der Waals surface area contributed by atoms with Crippen LogP contribution in [0.5, 0.6) is 0 Å². The monoisotopic (exact) mass is 381 g/mol. The molecule has 2 amide bonds. The Bertz CT molecular complexity index is 774. The van der Waals surface area contributed by atoms with E-state index in [0.717, 1.165) is 6.41 Å². The number of piperazine rings is 1. The van der Waals surface area contributed by atoms with Crippen molar-refractivity contribution in [3.8, 4) is 0 Å². The van der Waals surface area contributed by atoms with Crippen molar-refractivity contribution in [3.05, 3.63) is 29.8 Å². The van der Waals surface area contributed by atoms with E-state index in [1.165, 1.54) is 16.4 Å². The van der Waals surface area contributed by atoms with Gasteiger partial charge in [-0.3, -0.25) is 9.59 Å². The van der Waals surface area contributed by atoms with Gasteiger partial charge in [-0.05, 0) is 25.1 Å². The standard InChI is InChI=1S/C17H23N3O5S/c1-14-12-25-10-9-20(14)26(23,24)16-4-2-3-15(11-16)17(22)19-7-5-18(13-21)6-8-19/h2-4,11,13-14H,5-10,12H2,1H3. The number of sulfonamides is 1. The number of nitrogens with zero attached hydrogens (tertiary/aromatic N) is 3. The zero-order valence-corrected chi connectivity index (χ0v) is 15.5. The molecule has 0 spiro atoms. The molecule has 0 saturated carbocycles. The largest absolute Gasteiger partial charge is 0.378 e. The smallest absolute Gasteiger partial charge is 0.254 e. The fourth-order valence-corrected chi connectivity index (χ4v) is 4.85. The summed E-state index contributed by atoms with van der Waals surface area (Å²) in [6, 6.07) is 5.91. The van der Waals surface area contributed by atoms with Crippen molar-refractivity contribution in [3.63, 3.8) is 0 Å². The minimum Gasteiger partial charge on any atom is -0.378 e. The Morgan fingerprint density at radius 1 is 1.19 bits per heavy atom. The normalized spacial score (nSPS) is 22.3. The summed E-state index contributed by atoms with van der Waals surface area (Å²) in [6.45, 7) is 4.68. The third-order valence-corrected chi connectivity index (χ3v) is 6.75. The van der Waals surface area contributed by atoms with E-state index in [0.29, 0.717) is 51.5 Å². The van der Waals surface area contributed by atoms with Gasteiger partial charge in [0, 0.05) is 44.3 Å². The van der Waals surface area contributed by atoms with Gasteiger partial charge in [-0.1, -0.05) is 6.07 Å². The first-order valence-corrected chi connectivity index (χ1v) is 10.1. The average molecular weight is 381 g/mol. The molecule has 1 aromatic carbocycles. The summed E-state index contributed by atoms with van der Waals surface area (Å²) in [6.07, 6.45) is 0.776. The average Bonchev–Trinajstić information content (AvgIpc) is 2.68. The fourth-order valence-electron chi connectivity index (χ4n) is 3.21. The Labute approximate surface area is 153 Å². The van der Waals surface area contributed by atoms with Crippen molar-refractivity contribution in [2.24, 2.45) is 0 Å². The lowest BCUT2D eigenvalue weighted by molar-refractivity contribution is -0.119. The first-order valence-electron chi connectivity index (χ1n) is 8.62. The van der Waals surface area contributed by atoms with Gasteiger partial charge in [0.05, 0.1) is 18.1 Å². The van der Waals surface area contributed by atoms with Crippen LogP contribution in [-0.2, 0) is 19.6 Å². The van der Waals surface area contributed by atoms with E-state index in [9.17, 15) is 18.0 Å². The van der Waals surface area contributed by atoms with Crippen LogP contribution in [0.2, 0.25) is 0 Å². The number of ether oxygens (including phenoxy) is 1. The maximum absolute atomic E-state index is 12.9. The van der Waals surface area contributed by atoms with Gasteiger partial charge in [0.2, 0.25) is 16.4 Å². The second kappa shape index (κ2) is 7.73. The molecule has 2 heterocycles. The maximum atomic E-state index is 12.9. The van der Waals surface area contributed by atoms with Crippen molar-refractivity contribution < 1.29 is 22.7 Å². The topological polar surface area (TPSA) is 87.2 Å². The van der Waals surface area contributed by atoms with Gasteiger partial charge in [0.15, 0.2) is 0 Å². The van der Waals surface area contributed by atoms with Crippen LogP contribution in [0.25, 0.3) is 0 Å². The number of hydrogen-bond donors (Lipinski definition) is 0. The molecule has 0 aromatic heterocycles. The molecule has 2 aliphatic rings. The second-order valence-electron chi connectivity index (χ2n) is 6.50. The summed E-state index contributed by atoms with van der Waals surface area (Å²) in [5.74, 6) is -0.220. The Hall–Kier alpha value is -1.97. The summed E-state index contributed by atoms with van der Waals surface area (Å²) >= 11 is 0. The first kappa shape index (κ1) is 18.8. The Morgan fingerprint density at radius 3 is 2.58 bits per heavy atom. The lowest BCUT2D eigenvalue weighted by Crippen LogP contribution is -2.48. The summed E-state index contributed by atoms with van der Waals surface area (Å²) in [5.41, 5.74) is 0.339. The number of carbonyl (C=O) groups excluding carboxylic acids is 2. The van der Waals surface area contributed by atoms with E-state index in [2.05, 4.69) is 0 Å². The third kappa shape index (κ3) is 3.74. The van der Waals surface area contributed by atoms with Gasteiger partial charge < -0.3 is 14.5 Å². The van der Waals surface area contributed by atoms with Crippen molar-refractivity contribution >= 4 is 22.3 Å². The van der Waals surface area contributed by atoms with Gasteiger partial charge in [-0.15, -0.1) is 0 Å². The number of hydrogen-bond acceptors (Lipinski definition) is 5. The number of carbonyl (C=O) groups is 2. The van der Waals surface area contributed by atoms with Crippen LogP contribution < -0.4 is 0 Å². The number of benzene rings is 1. The number of morpholine rings is 1. The third-order valence-electron chi connectivity index (χ3n) is 4.74. The van der Waals surface area contributed by atoms with Crippen LogP contribution in [0.1, 0.15) is 17.3 Å². The summed E-state index contributed by atoms with van der Waals surface area (Å²) < 4.78 is 32.6. The van der Waals surface area contributed by atoms with Gasteiger partial charge in [-0.2, -0.15) is 4.31 Å². The Balaban J connectivity index is 1.79. The predicted octanol–water partition coefficient (Wildman–Crippen LogP) is 0.0102. The van der Waals surface area contributed by atoms with E-state index in [1.54, 1.807) is 28.9 Å². The zero-order chi connectivity index (χ0) is 18.7. The fraction of sp³-hybridized carbons (Fsp3) is 0.529. The molecule has 1 aromatic rings. The first-order chi connectivity index (χ1) is 12.4. The van der Waals surface area contributed by atoms with E-state index in [1.807, 2.05) is 0 Å². The highest BCUT2D eigenvalue weighted by atomic mass is 32.2. The van der Waals surface area contributed by atoms with Crippen molar-refractivity contribution in [1.82, 2.24) is 14.1 Å². The molecule has 8 nitrogen and oxygen atoms in total. The van der Waals surface area contributed by atoms with Crippen LogP contribution in [0.4, 0.5) is 0 Å². The second-order valence-corrected chi connectivity index (χ2v) is 8.39. The molecule has 1 atom stereocenters. The molecule has 0 aliphatic carbocycles. The summed E-state index contributed by atoms with van der Waals surface area (Å²) in [5, 5.41) is 0. The van der Waals surface area contributed by atoms with E-state index < -0.39 is 10.0 Å². The van der Waals surface area contributed by atoms with Crippen molar-refractivity contribution in [1.29, 1.82) is 0 Å². The van der Waals surface area contributed by atoms with E-state index in [4.69, 9.17) is 4.74 Å². The van der Waals surface area contributed by atoms with Crippen LogP contribution in [0.3, 0.4) is 0 Å². The number of amides is 2. The molecule has 26 heavy (non-hydrogen) atoms. The SMILES string of the molecule is CC1COCCN1S(=O)(=O)c1cccc(C(=O)N2CCN(C=O)CC2)c1. The zero-order valence-electron chi connectivity index (χ0n) is 14.7. The molecular weight excluding hydrogens is 358 g/mol. The molecule has 2 saturated heterocycles. The van der Waals surface area contributed by atoms with E-state index >= 15 is 0 Å². The van der Waals surface area contributed by atoms with Crippen molar-refractivity contribution in [2.45, 2.75) is 17.9 Å². The minimum atomic E-state index is -3.68.